The molecule has 0 saturated carbocycles. The summed E-state index contributed by atoms with van der Waals surface area (Å²) in [6.07, 6.45) is 11.6. The summed E-state index contributed by atoms with van der Waals surface area (Å²) in [6, 6.07) is 8.52. The molecule has 2 fully saturated rings. The summed E-state index contributed by atoms with van der Waals surface area (Å²) in [6.45, 7) is 2.23. The molecule has 1 aromatic rings. The van der Waals surface area contributed by atoms with Crippen LogP contribution in [-0.2, 0) is 9.59 Å². The highest BCUT2D eigenvalue weighted by molar-refractivity contribution is 6.23. The molecule has 0 bridgehead atoms. The van der Waals surface area contributed by atoms with Crippen molar-refractivity contribution in [2.24, 2.45) is 5.92 Å². The van der Waals surface area contributed by atoms with Crippen molar-refractivity contribution in [2.75, 3.05) is 4.90 Å². The molecular formula is C24H36N2O3. The fourth-order valence-corrected chi connectivity index (χ4v) is 4.70. The van der Waals surface area contributed by atoms with E-state index in [1.165, 1.54) is 43.4 Å². The minimum absolute atomic E-state index is 0.103. The van der Waals surface area contributed by atoms with Crippen LogP contribution >= 0.6 is 0 Å². The van der Waals surface area contributed by atoms with Crippen LogP contribution < -0.4 is 10.2 Å². The second-order valence-electron chi connectivity index (χ2n) is 8.61. The highest BCUT2D eigenvalue weighted by Gasteiger charge is 2.51. The van der Waals surface area contributed by atoms with Gasteiger partial charge in [-0.2, -0.15) is 0 Å². The Balaban J connectivity index is 1.44. The smallest absolute Gasteiger partial charge is 0.251 e. The van der Waals surface area contributed by atoms with E-state index in [1.54, 1.807) is 12.1 Å². The van der Waals surface area contributed by atoms with E-state index >= 15 is 0 Å². The first-order chi connectivity index (χ1) is 14.1. The average molecular weight is 401 g/mol. The molecule has 29 heavy (non-hydrogen) atoms. The molecular weight excluding hydrogens is 364 g/mol. The van der Waals surface area contributed by atoms with Crippen LogP contribution in [-0.4, -0.2) is 35.1 Å². The number of aliphatic hydroxyl groups excluding tert-OH is 1. The molecule has 4 atom stereocenters. The summed E-state index contributed by atoms with van der Waals surface area (Å²) >= 11 is 0. The van der Waals surface area contributed by atoms with Gasteiger partial charge in [-0.15, -0.1) is 0 Å². The second kappa shape index (κ2) is 10.9. The van der Waals surface area contributed by atoms with E-state index in [-0.39, 0.29) is 23.8 Å². The molecule has 5 nitrogen and oxygen atoms in total. The zero-order chi connectivity index (χ0) is 20.6. The van der Waals surface area contributed by atoms with Gasteiger partial charge in [0.25, 0.3) is 5.91 Å². The van der Waals surface area contributed by atoms with Crippen LogP contribution in [0.3, 0.4) is 0 Å². The molecule has 0 aromatic heterocycles. The van der Waals surface area contributed by atoms with E-state index in [1.807, 2.05) is 18.2 Å². The van der Waals surface area contributed by atoms with Gasteiger partial charge in [0.2, 0.25) is 5.91 Å². The standard InChI is InChI=1S/C24H36N2O3/c1-2-3-4-5-6-7-8-12-15-21(27)20-17-16-19-22(25-20)24(29)26(23(19)28)18-13-10-9-11-14-18/h9-11,13-14,19-22,25,27H,2-8,12,15-17H2,1H3/t19-,20-,21-,22+/m1/s1. The van der Waals surface area contributed by atoms with Crippen molar-refractivity contribution in [3.63, 3.8) is 0 Å². The Bertz CT molecular complexity index is 663. The van der Waals surface area contributed by atoms with Crippen LogP contribution in [0.5, 0.6) is 0 Å². The van der Waals surface area contributed by atoms with Gasteiger partial charge in [0, 0.05) is 6.04 Å². The first-order valence-electron chi connectivity index (χ1n) is 11.5. The van der Waals surface area contributed by atoms with Gasteiger partial charge in [0.1, 0.15) is 0 Å². The van der Waals surface area contributed by atoms with Crippen LogP contribution in [0, 0.1) is 5.92 Å². The van der Waals surface area contributed by atoms with Gasteiger partial charge in [0.05, 0.1) is 23.8 Å². The Morgan fingerprint density at radius 1 is 0.966 bits per heavy atom. The number of carbonyl (C=O) groups is 2. The van der Waals surface area contributed by atoms with E-state index in [0.29, 0.717) is 12.1 Å². The maximum absolute atomic E-state index is 12.9. The van der Waals surface area contributed by atoms with E-state index in [2.05, 4.69) is 12.2 Å². The van der Waals surface area contributed by atoms with Gasteiger partial charge < -0.3 is 5.11 Å². The van der Waals surface area contributed by atoms with Crippen LogP contribution in [0.4, 0.5) is 5.69 Å². The third kappa shape index (κ3) is 5.46. The molecule has 160 valence electrons. The first kappa shape index (κ1) is 22.0. The summed E-state index contributed by atoms with van der Waals surface area (Å²) < 4.78 is 0. The van der Waals surface area contributed by atoms with Crippen LogP contribution in [0.15, 0.2) is 30.3 Å². The summed E-state index contributed by atoms with van der Waals surface area (Å²) in [5, 5.41) is 13.9. The molecule has 0 unspecified atom stereocenters. The van der Waals surface area contributed by atoms with E-state index < -0.39 is 12.1 Å². The summed E-state index contributed by atoms with van der Waals surface area (Å²) in [5.74, 6) is -0.612. The molecule has 5 heteroatoms. The number of anilines is 1. The number of hydrogen-bond donors (Lipinski definition) is 2. The lowest BCUT2D eigenvalue weighted by atomic mass is 9.86. The number of amides is 2. The predicted molar refractivity (Wildman–Crippen MR) is 116 cm³/mol. The zero-order valence-electron chi connectivity index (χ0n) is 17.7. The molecule has 2 saturated heterocycles. The normalized spacial score (nSPS) is 25.3. The number of fused-ring (bicyclic) bond motifs is 1. The molecule has 0 aliphatic carbocycles. The number of imide groups is 1. The van der Waals surface area contributed by atoms with Gasteiger partial charge in [-0.25, -0.2) is 4.90 Å². The Morgan fingerprint density at radius 2 is 1.62 bits per heavy atom. The Kier molecular flexibility index (Phi) is 8.25. The molecule has 2 amide bonds. The van der Waals surface area contributed by atoms with Gasteiger partial charge in [-0.1, -0.05) is 76.5 Å². The number of piperidine rings is 1. The van der Waals surface area contributed by atoms with Crippen molar-refractivity contribution in [3.8, 4) is 0 Å². The van der Waals surface area contributed by atoms with Gasteiger partial charge >= 0.3 is 0 Å². The highest BCUT2D eigenvalue weighted by atomic mass is 16.3. The van der Waals surface area contributed by atoms with Crippen LogP contribution in [0.1, 0.15) is 77.6 Å². The van der Waals surface area contributed by atoms with Crippen molar-refractivity contribution in [2.45, 2.75) is 95.7 Å². The lowest BCUT2D eigenvalue weighted by Crippen LogP contribution is -2.54. The summed E-state index contributed by atoms with van der Waals surface area (Å²) in [5.41, 5.74) is 0.634. The number of para-hydroxylation sites is 1. The minimum Gasteiger partial charge on any atom is -0.392 e. The van der Waals surface area contributed by atoms with Crippen molar-refractivity contribution in [1.29, 1.82) is 0 Å². The maximum atomic E-state index is 12.9. The fourth-order valence-electron chi connectivity index (χ4n) is 4.70. The SMILES string of the molecule is CCCCCCCCCC[C@@H](O)[C@H]1CC[C@H]2C(=O)N(c3ccccc3)C(=O)[C@H]2N1. The monoisotopic (exact) mass is 400 g/mol. The Morgan fingerprint density at radius 3 is 2.31 bits per heavy atom. The highest BCUT2D eigenvalue weighted by Crippen LogP contribution is 2.33. The average Bonchev–Trinajstić information content (AvgIpc) is 3.00. The summed E-state index contributed by atoms with van der Waals surface area (Å²) in [4.78, 5) is 27.0. The number of nitrogens with zero attached hydrogens (tertiary/aromatic N) is 1. The summed E-state index contributed by atoms with van der Waals surface area (Å²) in [7, 11) is 0. The number of rotatable bonds is 11. The number of carbonyl (C=O) groups excluding carboxylic acids is 2. The maximum Gasteiger partial charge on any atom is 0.251 e. The molecule has 1 aromatic carbocycles. The Labute approximate surface area is 174 Å². The zero-order valence-corrected chi connectivity index (χ0v) is 17.7. The molecule has 0 spiro atoms. The van der Waals surface area contributed by atoms with Crippen LogP contribution in [0.2, 0.25) is 0 Å². The van der Waals surface area contributed by atoms with Crippen molar-refractivity contribution < 1.29 is 14.7 Å². The van der Waals surface area contributed by atoms with Gasteiger partial charge in [-0.05, 0) is 31.4 Å². The van der Waals surface area contributed by atoms with E-state index in [9.17, 15) is 14.7 Å². The Hall–Kier alpha value is -1.72. The topological polar surface area (TPSA) is 69.6 Å². The van der Waals surface area contributed by atoms with Crippen LogP contribution in [0.25, 0.3) is 0 Å². The molecule has 2 aliphatic rings. The van der Waals surface area contributed by atoms with Gasteiger partial charge in [-0.3, -0.25) is 14.9 Å². The first-order valence-corrected chi connectivity index (χ1v) is 11.5. The number of hydrogen-bond acceptors (Lipinski definition) is 4. The largest absolute Gasteiger partial charge is 0.392 e. The third-order valence-electron chi connectivity index (χ3n) is 6.44. The molecule has 2 N–H and O–H groups in total. The quantitative estimate of drug-likeness (QED) is 0.432. The van der Waals surface area contributed by atoms with Crippen molar-refractivity contribution >= 4 is 17.5 Å². The number of benzene rings is 1. The second-order valence-corrected chi connectivity index (χ2v) is 8.61. The number of nitrogens with one attached hydrogen (secondary N) is 1. The van der Waals surface area contributed by atoms with Gasteiger partial charge in [0.15, 0.2) is 0 Å². The number of unbranched alkanes of at least 4 members (excludes halogenated alkanes) is 7. The molecule has 3 rings (SSSR count). The van der Waals surface area contributed by atoms with E-state index in [0.717, 1.165) is 25.7 Å². The fraction of sp³-hybridized carbons (Fsp3) is 0.667. The van der Waals surface area contributed by atoms with Crippen molar-refractivity contribution in [1.82, 2.24) is 5.32 Å². The minimum atomic E-state index is -0.505. The number of aliphatic hydroxyl groups is 1. The molecule has 2 heterocycles. The molecule has 0 radical (unpaired) electrons. The third-order valence-corrected chi connectivity index (χ3v) is 6.44. The van der Waals surface area contributed by atoms with E-state index in [4.69, 9.17) is 0 Å². The lowest BCUT2D eigenvalue weighted by Gasteiger charge is -2.33. The lowest BCUT2D eigenvalue weighted by molar-refractivity contribution is -0.122. The predicted octanol–water partition coefficient (Wildman–Crippen LogP) is 4.19. The molecule has 2 aliphatic heterocycles. The van der Waals surface area contributed by atoms with Crippen molar-refractivity contribution in [3.05, 3.63) is 30.3 Å².